The Balaban J connectivity index is 0.000000240. The van der Waals surface area contributed by atoms with Crippen molar-refractivity contribution < 1.29 is 19.1 Å². The lowest BCUT2D eigenvalue weighted by molar-refractivity contribution is -0.134. The second-order valence-electron chi connectivity index (χ2n) is 4.67. The molecule has 0 spiro atoms. The fraction of sp³-hybridized carbons (Fsp3) is 0.467. The average Bonchev–Trinajstić information content (AvgIpc) is 2.84. The first-order valence-electron chi connectivity index (χ1n) is 6.61. The van der Waals surface area contributed by atoms with Crippen LogP contribution >= 0.6 is 0 Å². The van der Waals surface area contributed by atoms with Crippen LogP contribution in [0.5, 0.6) is 0 Å². The highest BCUT2D eigenvalue weighted by atomic mass is 16.6. The summed E-state index contributed by atoms with van der Waals surface area (Å²) in [4.78, 5) is 23.2. The van der Waals surface area contributed by atoms with Gasteiger partial charge in [0.25, 0.3) is 5.91 Å². The Hall–Kier alpha value is -1.88. The van der Waals surface area contributed by atoms with Crippen LogP contribution in [0.3, 0.4) is 0 Å². The minimum absolute atomic E-state index is 0.0115. The molecule has 0 N–H and O–H groups in total. The Bertz CT molecular complexity index is 431. The average molecular weight is 279 g/mol. The molecule has 1 aliphatic rings. The molecule has 1 saturated heterocycles. The van der Waals surface area contributed by atoms with Crippen LogP contribution in [0.15, 0.2) is 30.3 Å². The van der Waals surface area contributed by atoms with E-state index in [2.05, 4.69) is 23.8 Å². The van der Waals surface area contributed by atoms with E-state index in [9.17, 15) is 9.59 Å². The molecule has 20 heavy (non-hydrogen) atoms. The first kappa shape index (κ1) is 16.2. The van der Waals surface area contributed by atoms with Crippen LogP contribution in [0.4, 0.5) is 4.79 Å². The van der Waals surface area contributed by atoms with E-state index in [0.29, 0.717) is 6.54 Å². The molecule has 0 unspecified atom stereocenters. The van der Waals surface area contributed by atoms with Gasteiger partial charge in [-0.1, -0.05) is 35.9 Å². The van der Waals surface area contributed by atoms with Gasteiger partial charge in [0.05, 0.1) is 12.6 Å². The van der Waals surface area contributed by atoms with Gasteiger partial charge >= 0.3 is 6.09 Å². The summed E-state index contributed by atoms with van der Waals surface area (Å²) in [5, 5.41) is 0. The fourth-order valence-corrected chi connectivity index (χ4v) is 1.47. The highest BCUT2D eigenvalue weighted by Gasteiger charge is 2.28. The van der Waals surface area contributed by atoms with Crippen molar-refractivity contribution in [2.45, 2.75) is 26.9 Å². The van der Waals surface area contributed by atoms with E-state index in [-0.39, 0.29) is 25.2 Å². The van der Waals surface area contributed by atoms with Gasteiger partial charge in [-0.2, -0.15) is 0 Å². The van der Waals surface area contributed by atoms with E-state index in [0.717, 1.165) is 4.90 Å². The van der Waals surface area contributed by atoms with E-state index < -0.39 is 6.09 Å². The molecule has 1 aliphatic heterocycles. The van der Waals surface area contributed by atoms with Gasteiger partial charge in [0, 0.05) is 0 Å². The summed E-state index contributed by atoms with van der Waals surface area (Å²) in [6.07, 6.45) is -0.583. The maximum atomic E-state index is 11.3. The number of carbonyl (C=O) groups is 2. The Kier molecular flexibility index (Phi) is 6.73. The zero-order chi connectivity index (χ0) is 15.0. The van der Waals surface area contributed by atoms with Crippen LogP contribution in [-0.4, -0.2) is 42.8 Å². The van der Waals surface area contributed by atoms with Crippen molar-refractivity contribution in [3.8, 4) is 0 Å². The summed E-state index contributed by atoms with van der Waals surface area (Å²) in [5.74, 6) is -0.337. The number of rotatable bonds is 3. The Morgan fingerprint density at radius 2 is 2.00 bits per heavy atom. The van der Waals surface area contributed by atoms with Crippen molar-refractivity contribution in [2.75, 3.05) is 19.8 Å². The maximum Gasteiger partial charge on any atom is 0.416 e. The maximum absolute atomic E-state index is 11.3. The number of hydrogen-bond acceptors (Lipinski definition) is 4. The molecule has 5 nitrogen and oxygen atoms in total. The van der Waals surface area contributed by atoms with E-state index >= 15 is 0 Å². The van der Waals surface area contributed by atoms with Crippen molar-refractivity contribution in [2.24, 2.45) is 0 Å². The molecule has 0 radical (unpaired) electrons. The highest BCUT2D eigenvalue weighted by Crippen LogP contribution is 2.04. The first-order valence-corrected chi connectivity index (χ1v) is 6.61. The van der Waals surface area contributed by atoms with Crippen molar-refractivity contribution in [1.29, 1.82) is 0 Å². The molecule has 0 aliphatic carbocycles. The molecule has 0 atom stereocenters. The third-order valence-electron chi connectivity index (χ3n) is 2.54. The number of benzene rings is 1. The SMILES string of the molecule is CC(C)OCC(=O)N1CCOC1=O.Cc1ccccc1. The molecule has 0 saturated carbocycles. The minimum atomic E-state index is -0.572. The largest absolute Gasteiger partial charge is 0.447 e. The first-order chi connectivity index (χ1) is 9.50. The predicted molar refractivity (Wildman–Crippen MR) is 75.3 cm³/mol. The molecule has 1 aromatic carbocycles. The fourth-order valence-electron chi connectivity index (χ4n) is 1.47. The van der Waals surface area contributed by atoms with Gasteiger partial charge in [-0.3, -0.25) is 4.79 Å². The number of imide groups is 1. The van der Waals surface area contributed by atoms with E-state index in [1.807, 2.05) is 32.0 Å². The third kappa shape index (κ3) is 5.84. The quantitative estimate of drug-likeness (QED) is 0.852. The molecular weight excluding hydrogens is 258 g/mol. The molecule has 0 aromatic heterocycles. The number of hydrogen-bond donors (Lipinski definition) is 0. The van der Waals surface area contributed by atoms with Crippen molar-refractivity contribution in [1.82, 2.24) is 4.90 Å². The number of aryl methyl sites for hydroxylation is 1. The van der Waals surface area contributed by atoms with Gasteiger partial charge in [-0.15, -0.1) is 0 Å². The van der Waals surface area contributed by atoms with Gasteiger partial charge in [-0.25, -0.2) is 9.69 Å². The van der Waals surface area contributed by atoms with Crippen LogP contribution in [0.1, 0.15) is 19.4 Å². The van der Waals surface area contributed by atoms with Crippen LogP contribution in [0.2, 0.25) is 0 Å². The summed E-state index contributed by atoms with van der Waals surface area (Å²) in [6, 6.07) is 10.3. The van der Waals surface area contributed by atoms with Crippen LogP contribution < -0.4 is 0 Å². The second kappa shape index (κ2) is 8.32. The van der Waals surface area contributed by atoms with Crippen molar-refractivity contribution in [3.05, 3.63) is 35.9 Å². The Labute approximate surface area is 119 Å². The van der Waals surface area contributed by atoms with Crippen LogP contribution in [-0.2, 0) is 14.3 Å². The smallest absolute Gasteiger partial charge is 0.416 e. The minimum Gasteiger partial charge on any atom is -0.447 e. The van der Waals surface area contributed by atoms with Gasteiger partial charge in [0.15, 0.2) is 0 Å². The summed E-state index contributed by atoms with van der Waals surface area (Å²) in [5.41, 5.74) is 1.32. The van der Waals surface area contributed by atoms with Gasteiger partial charge in [0.1, 0.15) is 13.2 Å². The summed E-state index contributed by atoms with van der Waals surface area (Å²) < 4.78 is 9.67. The van der Waals surface area contributed by atoms with Gasteiger partial charge in [-0.05, 0) is 20.8 Å². The lowest BCUT2D eigenvalue weighted by Crippen LogP contribution is -2.35. The Morgan fingerprint density at radius 1 is 1.35 bits per heavy atom. The molecule has 2 rings (SSSR count). The van der Waals surface area contributed by atoms with Gasteiger partial charge in [0.2, 0.25) is 0 Å². The number of nitrogens with zero attached hydrogens (tertiary/aromatic N) is 1. The topological polar surface area (TPSA) is 55.8 Å². The molecule has 110 valence electrons. The lowest BCUT2D eigenvalue weighted by atomic mass is 10.2. The molecule has 2 amide bonds. The zero-order valence-corrected chi connectivity index (χ0v) is 12.2. The number of amides is 2. The molecular formula is C15H21NO4. The predicted octanol–water partition coefficient (Wildman–Crippen LogP) is 2.39. The van der Waals surface area contributed by atoms with E-state index in [4.69, 9.17) is 4.74 Å². The summed E-state index contributed by atoms with van der Waals surface area (Å²) >= 11 is 0. The summed E-state index contributed by atoms with van der Waals surface area (Å²) in [6.45, 7) is 6.29. The van der Waals surface area contributed by atoms with Crippen molar-refractivity contribution >= 4 is 12.0 Å². The van der Waals surface area contributed by atoms with Gasteiger partial charge < -0.3 is 9.47 Å². The van der Waals surface area contributed by atoms with E-state index in [1.54, 1.807) is 0 Å². The molecule has 1 heterocycles. The zero-order valence-electron chi connectivity index (χ0n) is 12.2. The monoisotopic (exact) mass is 279 g/mol. The molecule has 5 heteroatoms. The second-order valence-corrected chi connectivity index (χ2v) is 4.67. The van der Waals surface area contributed by atoms with Crippen LogP contribution in [0, 0.1) is 6.92 Å². The number of carbonyl (C=O) groups excluding carboxylic acids is 2. The lowest BCUT2D eigenvalue weighted by Gasteiger charge is -2.12. The van der Waals surface area contributed by atoms with Crippen molar-refractivity contribution in [3.63, 3.8) is 0 Å². The van der Waals surface area contributed by atoms with E-state index in [1.165, 1.54) is 5.56 Å². The normalized spacial score (nSPS) is 13.8. The Morgan fingerprint density at radius 3 is 2.40 bits per heavy atom. The summed E-state index contributed by atoms with van der Waals surface area (Å²) in [7, 11) is 0. The number of ether oxygens (including phenoxy) is 2. The van der Waals surface area contributed by atoms with Crippen LogP contribution in [0.25, 0.3) is 0 Å². The molecule has 1 fully saturated rings. The standard InChI is InChI=1S/C8H13NO4.C7H8/c1-6(2)13-5-7(10)9-3-4-12-8(9)11;1-7-5-3-2-4-6-7/h6H,3-5H2,1-2H3;2-6H,1H3. The molecule has 1 aromatic rings. The third-order valence-corrected chi connectivity index (χ3v) is 2.54. The highest BCUT2D eigenvalue weighted by molar-refractivity contribution is 5.93. The molecule has 0 bridgehead atoms. The number of cyclic esters (lactones) is 1.